The first-order valence-electron chi connectivity index (χ1n) is 8.97. The molecule has 4 nitrogen and oxygen atoms in total. The summed E-state index contributed by atoms with van der Waals surface area (Å²) in [6, 6.07) is 8.65. The normalized spacial score (nSPS) is 22.1. The number of ether oxygens (including phenoxy) is 1. The summed E-state index contributed by atoms with van der Waals surface area (Å²) in [7, 11) is 0. The summed E-state index contributed by atoms with van der Waals surface area (Å²) in [5.74, 6) is 0.835. The van der Waals surface area contributed by atoms with Gasteiger partial charge in [-0.3, -0.25) is 9.69 Å². The van der Waals surface area contributed by atoms with Crippen molar-refractivity contribution in [1.29, 1.82) is 0 Å². The van der Waals surface area contributed by atoms with E-state index in [-0.39, 0.29) is 5.91 Å². The van der Waals surface area contributed by atoms with Gasteiger partial charge in [0.2, 0.25) is 0 Å². The summed E-state index contributed by atoms with van der Waals surface area (Å²) in [6.45, 7) is 11.4. The van der Waals surface area contributed by atoms with Gasteiger partial charge in [0, 0.05) is 30.7 Å². The average Bonchev–Trinajstić information content (AvgIpc) is 2.53. The molecule has 0 aliphatic carbocycles. The Labute approximate surface area is 145 Å². The van der Waals surface area contributed by atoms with Crippen LogP contribution in [0.15, 0.2) is 36.4 Å². The van der Waals surface area contributed by atoms with Crippen molar-refractivity contribution in [3.63, 3.8) is 0 Å². The van der Waals surface area contributed by atoms with Crippen LogP contribution in [0.2, 0.25) is 0 Å². The molecule has 4 heteroatoms. The number of carbonyl (C=O) groups is 1. The molecule has 1 aromatic carbocycles. The lowest BCUT2D eigenvalue weighted by Crippen LogP contribution is -2.63. The smallest absolute Gasteiger partial charge is 0.254 e. The molecule has 2 fully saturated rings. The first kappa shape index (κ1) is 17.0. The Balaban J connectivity index is 1.56. The van der Waals surface area contributed by atoms with Crippen molar-refractivity contribution in [2.45, 2.75) is 45.2 Å². The summed E-state index contributed by atoms with van der Waals surface area (Å²) in [5.41, 5.74) is 1.67. The van der Waals surface area contributed by atoms with Gasteiger partial charge in [-0.2, -0.15) is 0 Å². The Morgan fingerprint density at radius 2 is 2.12 bits per heavy atom. The second-order valence-electron chi connectivity index (χ2n) is 7.22. The molecule has 3 rings (SSSR count). The van der Waals surface area contributed by atoms with Crippen LogP contribution in [-0.2, 0) is 0 Å². The van der Waals surface area contributed by atoms with E-state index < -0.39 is 0 Å². The molecule has 2 aliphatic heterocycles. The summed E-state index contributed by atoms with van der Waals surface area (Å²) >= 11 is 0. The van der Waals surface area contributed by atoms with Crippen molar-refractivity contribution in [3.05, 3.63) is 42.0 Å². The van der Waals surface area contributed by atoms with Crippen LogP contribution in [0.4, 0.5) is 0 Å². The molecule has 0 spiro atoms. The molecule has 0 bridgehead atoms. The zero-order valence-electron chi connectivity index (χ0n) is 14.8. The van der Waals surface area contributed by atoms with E-state index in [4.69, 9.17) is 4.74 Å². The van der Waals surface area contributed by atoms with Crippen molar-refractivity contribution >= 4 is 5.91 Å². The Kier molecular flexibility index (Phi) is 5.24. The van der Waals surface area contributed by atoms with Crippen molar-refractivity contribution in [2.24, 2.45) is 0 Å². The average molecular weight is 328 g/mol. The van der Waals surface area contributed by atoms with Crippen molar-refractivity contribution in [1.82, 2.24) is 9.80 Å². The number of rotatable bonds is 5. The molecule has 2 heterocycles. The third-order valence-corrected chi connectivity index (χ3v) is 5.04. The van der Waals surface area contributed by atoms with Crippen LogP contribution in [0.5, 0.6) is 5.75 Å². The molecule has 130 valence electrons. The number of carbonyl (C=O) groups excluding carboxylic acids is 1. The fourth-order valence-corrected chi connectivity index (χ4v) is 3.60. The van der Waals surface area contributed by atoms with Gasteiger partial charge >= 0.3 is 0 Å². The van der Waals surface area contributed by atoms with E-state index >= 15 is 0 Å². The summed E-state index contributed by atoms with van der Waals surface area (Å²) < 4.78 is 5.64. The molecule has 1 atom stereocenters. The second kappa shape index (κ2) is 7.39. The van der Waals surface area contributed by atoms with Crippen molar-refractivity contribution in [3.8, 4) is 5.75 Å². The third kappa shape index (κ3) is 3.81. The summed E-state index contributed by atoms with van der Waals surface area (Å²) in [5, 5.41) is 0. The van der Waals surface area contributed by atoms with Gasteiger partial charge in [-0.1, -0.05) is 19.1 Å². The monoisotopic (exact) mass is 328 g/mol. The van der Waals surface area contributed by atoms with E-state index in [9.17, 15) is 4.79 Å². The first-order valence-corrected chi connectivity index (χ1v) is 8.97. The molecular weight excluding hydrogens is 300 g/mol. The Hall–Kier alpha value is -1.81. The van der Waals surface area contributed by atoms with Crippen LogP contribution in [-0.4, -0.2) is 54.0 Å². The molecule has 0 aromatic heterocycles. The van der Waals surface area contributed by atoms with E-state index in [0.717, 1.165) is 24.4 Å². The fraction of sp³-hybridized carbons (Fsp3) is 0.550. The van der Waals surface area contributed by atoms with E-state index in [1.54, 1.807) is 0 Å². The lowest BCUT2D eigenvalue weighted by molar-refractivity contribution is 0.00211. The topological polar surface area (TPSA) is 32.8 Å². The molecule has 0 unspecified atom stereocenters. The van der Waals surface area contributed by atoms with Crippen LogP contribution in [0.3, 0.4) is 0 Å². The number of benzene rings is 1. The highest BCUT2D eigenvalue weighted by Crippen LogP contribution is 2.26. The fourth-order valence-electron chi connectivity index (χ4n) is 3.60. The van der Waals surface area contributed by atoms with Gasteiger partial charge in [-0.05, 0) is 57.0 Å². The molecule has 1 amide bonds. The minimum absolute atomic E-state index is 0.108. The Bertz CT molecular complexity index is 607. The van der Waals surface area contributed by atoms with E-state index in [1.807, 2.05) is 36.1 Å². The number of hydrogen-bond acceptors (Lipinski definition) is 3. The number of nitrogens with zero attached hydrogens (tertiary/aromatic N) is 2. The van der Waals surface area contributed by atoms with Crippen LogP contribution in [0.1, 0.15) is 43.5 Å². The zero-order valence-corrected chi connectivity index (χ0v) is 14.8. The number of likely N-dealkylation sites (tertiary alicyclic amines) is 2. The first-order chi connectivity index (χ1) is 11.5. The minimum atomic E-state index is 0.108. The number of piperidine rings is 1. The van der Waals surface area contributed by atoms with Gasteiger partial charge in [0.1, 0.15) is 12.4 Å². The van der Waals surface area contributed by atoms with Crippen molar-refractivity contribution < 1.29 is 9.53 Å². The standard InChI is InChI=1S/C20H28N2O2/c1-15(2)14-24-19-9-6-8-17(11-19)20(23)21-12-18(13-21)22-10-5-4-7-16(22)3/h6,8-9,11,16,18H,1,4-5,7,10,12-14H2,2-3H3/t16-/m0/s1. The quantitative estimate of drug-likeness (QED) is 0.777. The number of amides is 1. The Morgan fingerprint density at radius 1 is 1.33 bits per heavy atom. The lowest BCUT2D eigenvalue weighted by Gasteiger charge is -2.49. The van der Waals surface area contributed by atoms with Gasteiger partial charge in [0.25, 0.3) is 5.91 Å². The summed E-state index contributed by atoms with van der Waals surface area (Å²) in [6.07, 6.45) is 3.91. The largest absolute Gasteiger partial charge is 0.489 e. The van der Waals surface area contributed by atoms with Gasteiger partial charge < -0.3 is 9.64 Å². The molecule has 0 saturated carbocycles. The third-order valence-electron chi connectivity index (χ3n) is 5.04. The molecule has 0 N–H and O–H groups in total. The molecule has 24 heavy (non-hydrogen) atoms. The zero-order chi connectivity index (χ0) is 17.1. The summed E-state index contributed by atoms with van der Waals surface area (Å²) in [4.78, 5) is 17.2. The highest BCUT2D eigenvalue weighted by atomic mass is 16.5. The Morgan fingerprint density at radius 3 is 2.83 bits per heavy atom. The maximum absolute atomic E-state index is 12.7. The maximum Gasteiger partial charge on any atom is 0.254 e. The highest BCUT2D eigenvalue weighted by Gasteiger charge is 2.37. The van der Waals surface area contributed by atoms with Crippen molar-refractivity contribution in [2.75, 3.05) is 26.2 Å². The molecule has 0 radical (unpaired) electrons. The van der Waals surface area contributed by atoms with E-state index in [0.29, 0.717) is 24.3 Å². The van der Waals surface area contributed by atoms with Crippen LogP contribution in [0, 0.1) is 0 Å². The SMILES string of the molecule is C=C(C)COc1cccc(C(=O)N2CC(N3CCCC[C@@H]3C)C2)c1. The van der Waals surface area contributed by atoms with Crippen LogP contribution >= 0.6 is 0 Å². The minimum Gasteiger partial charge on any atom is -0.489 e. The van der Waals surface area contributed by atoms with Gasteiger partial charge in [-0.25, -0.2) is 0 Å². The van der Waals surface area contributed by atoms with Gasteiger partial charge in [0.15, 0.2) is 0 Å². The second-order valence-corrected chi connectivity index (χ2v) is 7.22. The van der Waals surface area contributed by atoms with Crippen LogP contribution in [0.25, 0.3) is 0 Å². The van der Waals surface area contributed by atoms with Gasteiger partial charge in [-0.15, -0.1) is 0 Å². The van der Waals surface area contributed by atoms with Gasteiger partial charge in [0.05, 0.1) is 0 Å². The molecular formula is C20H28N2O2. The maximum atomic E-state index is 12.7. The predicted molar refractivity (Wildman–Crippen MR) is 96.5 cm³/mol. The number of hydrogen-bond donors (Lipinski definition) is 0. The molecule has 2 aliphatic rings. The highest BCUT2D eigenvalue weighted by molar-refractivity contribution is 5.95. The van der Waals surface area contributed by atoms with E-state index in [2.05, 4.69) is 18.4 Å². The lowest BCUT2D eigenvalue weighted by atomic mass is 9.97. The van der Waals surface area contributed by atoms with E-state index in [1.165, 1.54) is 25.8 Å². The van der Waals surface area contributed by atoms with Crippen LogP contribution < -0.4 is 4.74 Å². The molecule has 1 aromatic rings. The predicted octanol–water partition coefficient (Wildman–Crippen LogP) is 3.34. The molecule has 2 saturated heterocycles.